The fraction of sp³-hybridized carbons (Fsp3) is 0.923. The third-order valence-corrected chi connectivity index (χ3v) is 3.75. The van der Waals surface area contributed by atoms with Gasteiger partial charge in [-0.05, 0) is 32.6 Å². The molecule has 1 aliphatic rings. The van der Waals surface area contributed by atoms with Gasteiger partial charge in [0.05, 0.1) is 6.54 Å². The number of hydrogen-bond acceptors (Lipinski definition) is 3. The summed E-state index contributed by atoms with van der Waals surface area (Å²) in [6, 6.07) is 1.05. The predicted molar refractivity (Wildman–Crippen MR) is 70.8 cm³/mol. The molecule has 2 atom stereocenters. The summed E-state index contributed by atoms with van der Waals surface area (Å²) in [6.07, 6.45) is 4.01. The van der Waals surface area contributed by atoms with E-state index >= 15 is 0 Å². The number of carbonyl (C=O) groups is 1. The molecule has 0 spiro atoms. The van der Waals surface area contributed by atoms with Gasteiger partial charge in [0, 0.05) is 24.7 Å². The number of likely N-dealkylation sites (tertiary alicyclic amines) is 1. The van der Waals surface area contributed by atoms with Gasteiger partial charge < -0.3 is 11.1 Å². The molecule has 1 aliphatic heterocycles. The summed E-state index contributed by atoms with van der Waals surface area (Å²) in [7, 11) is 0. The molecule has 100 valence electrons. The van der Waals surface area contributed by atoms with Crippen LogP contribution in [0.1, 0.15) is 46.5 Å². The van der Waals surface area contributed by atoms with E-state index in [0.29, 0.717) is 24.7 Å². The molecular formula is C13H27N3O. The molecule has 1 heterocycles. The Balaban J connectivity index is 2.35. The molecule has 4 heteroatoms. The molecule has 1 saturated heterocycles. The molecule has 0 aliphatic carbocycles. The second kappa shape index (κ2) is 6.97. The fourth-order valence-electron chi connectivity index (χ4n) is 2.44. The minimum absolute atomic E-state index is 0.154. The normalized spacial score (nSPS) is 26.2. The molecule has 1 amide bonds. The number of nitrogens with one attached hydrogen (secondary N) is 1. The average molecular weight is 241 g/mol. The summed E-state index contributed by atoms with van der Waals surface area (Å²) < 4.78 is 0. The van der Waals surface area contributed by atoms with Crippen molar-refractivity contribution in [1.29, 1.82) is 0 Å². The van der Waals surface area contributed by atoms with Gasteiger partial charge in [0.25, 0.3) is 0 Å². The zero-order valence-electron chi connectivity index (χ0n) is 11.4. The second-order valence-electron chi connectivity index (χ2n) is 5.18. The molecule has 0 aromatic heterocycles. The number of amides is 1. The molecule has 0 aromatic rings. The molecule has 1 rings (SSSR count). The highest BCUT2D eigenvalue weighted by molar-refractivity contribution is 5.78. The first-order valence-corrected chi connectivity index (χ1v) is 6.85. The summed E-state index contributed by atoms with van der Waals surface area (Å²) in [5.41, 5.74) is 5.91. The average Bonchev–Trinajstić information content (AvgIpc) is 2.29. The number of carbonyl (C=O) groups excluding carboxylic acids is 1. The van der Waals surface area contributed by atoms with Crippen molar-refractivity contribution in [3.8, 4) is 0 Å². The van der Waals surface area contributed by atoms with Crippen LogP contribution in [0.5, 0.6) is 0 Å². The highest BCUT2D eigenvalue weighted by Crippen LogP contribution is 2.15. The van der Waals surface area contributed by atoms with Crippen LogP contribution in [0, 0.1) is 0 Å². The predicted octanol–water partition coefficient (Wildman–Crippen LogP) is 1.10. The number of rotatable bonds is 5. The molecule has 0 aromatic carbocycles. The third kappa shape index (κ3) is 4.64. The monoisotopic (exact) mass is 241 g/mol. The van der Waals surface area contributed by atoms with Gasteiger partial charge in [0.2, 0.25) is 5.91 Å². The van der Waals surface area contributed by atoms with E-state index < -0.39 is 0 Å². The van der Waals surface area contributed by atoms with Crippen LogP contribution in [0.4, 0.5) is 0 Å². The molecular weight excluding hydrogens is 214 g/mol. The van der Waals surface area contributed by atoms with Crippen molar-refractivity contribution < 1.29 is 4.79 Å². The van der Waals surface area contributed by atoms with Crippen molar-refractivity contribution in [2.75, 3.05) is 13.1 Å². The number of nitrogens with zero attached hydrogens (tertiary/aromatic N) is 1. The van der Waals surface area contributed by atoms with Crippen LogP contribution in [0.3, 0.4) is 0 Å². The maximum absolute atomic E-state index is 11.9. The molecule has 2 unspecified atom stereocenters. The fourth-order valence-corrected chi connectivity index (χ4v) is 2.44. The Morgan fingerprint density at radius 2 is 2.12 bits per heavy atom. The van der Waals surface area contributed by atoms with Gasteiger partial charge in [0.15, 0.2) is 0 Å². The van der Waals surface area contributed by atoms with E-state index in [2.05, 4.69) is 31.0 Å². The van der Waals surface area contributed by atoms with Gasteiger partial charge in [-0.3, -0.25) is 9.69 Å². The number of nitrogens with two attached hydrogens (primary N) is 1. The highest BCUT2D eigenvalue weighted by Gasteiger charge is 2.24. The maximum Gasteiger partial charge on any atom is 0.234 e. The second-order valence-corrected chi connectivity index (χ2v) is 5.18. The lowest BCUT2D eigenvalue weighted by atomic mass is 9.99. The largest absolute Gasteiger partial charge is 0.352 e. The lowest BCUT2D eigenvalue weighted by molar-refractivity contribution is -0.123. The molecule has 17 heavy (non-hydrogen) atoms. The zero-order valence-corrected chi connectivity index (χ0v) is 11.4. The van der Waals surface area contributed by atoms with E-state index in [1.165, 1.54) is 0 Å². The smallest absolute Gasteiger partial charge is 0.234 e. The Morgan fingerprint density at radius 3 is 2.65 bits per heavy atom. The first kappa shape index (κ1) is 14.5. The lowest BCUT2D eigenvalue weighted by Gasteiger charge is -2.36. The van der Waals surface area contributed by atoms with Crippen molar-refractivity contribution in [1.82, 2.24) is 10.2 Å². The van der Waals surface area contributed by atoms with Crippen LogP contribution in [0.2, 0.25) is 0 Å². The van der Waals surface area contributed by atoms with Gasteiger partial charge in [-0.15, -0.1) is 0 Å². The van der Waals surface area contributed by atoms with E-state index in [-0.39, 0.29) is 5.91 Å². The summed E-state index contributed by atoms with van der Waals surface area (Å²) in [5, 5.41) is 3.08. The Kier molecular flexibility index (Phi) is 5.92. The van der Waals surface area contributed by atoms with E-state index in [1.807, 2.05) is 0 Å². The Hall–Kier alpha value is -0.610. The lowest BCUT2D eigenvalue weighted by Crippen LogP contribution is -2.50. The van der Waals surface area contributed by atoms with Crippen LogP contribution in [0.15, 0.2) is 0 Å². The van der Waals surface area contributed by atoms with Crippen molar-refractivity contribution in [3.05, 3.63) is 0 Å². The molecule has 1 fully saturated rings. The van der Waals surface area contributed by atoms with Gasteiger partial charge in [-0.2, -0.15) is 0 Å². The van der Waals surface area contributed by atoms with Crippen LogP contribution in [-0.4, -0.2) is 42.0 Å². The molecule has 0 saturated carbocycles. The third-order valence-electron chi connectivity index (χ3n) is 3.75. The molecule has 0 bridgehead atoms. The van der Waals surface area contributed by atoms with Gasteiger partial charge >= 0.3 is 0 Å². The number of hydrogen-bond donors (Lipinski definition) is 2. The highest BCUT2D eigenvalue weighted by atomic mass is 16.2. The van der Waals surface area contributed by atoms with E-state index in [9.17, 15) is 4.79 Å². The molecule has 3 N–H and O–H groups in total. The summed E-state index contributed by atoms with van der Waals surface area (Å²) in [6.45, 7) is 7.83. The van der Waals surface area contributed by atoms with E-state index in [0.717, 1.165) is 32.2 Å². The minimum atomic E-state index is 0.154. The SMILES string of the molecule is CCC(CC)NC(=O)CN1CCC(N)CC1C. The van der Waals surface area contributed by atoms with Crippen molar-refractivity contribution in [3.63, 3.8) is 0 Å². The topological polar surface area (TPSA) is 58.4 Å². The molecule has 0 radical (unpaired) electrons. The summed E-state index contributed by atoms with van der Waals surface area (Å²) in [4.78, 5) is 14.1. The van der Waals surface area contributed by atoms with Crippen molar-refractivity contribution >= 4 is 5.91 Å². The van der Waals surface area contributed by atoms with Crippen molar-refractivity contribution in [2.24, 2.45) is 5.73 Å². The van der Waals surface area contributed by atoms with Crippen LogP contribution >= 0.6 is 0 Å². The zero-order chi connectivity index (χ0) is 12.8. The van der Waals surface area contributed by atoms with Crippen molar-refractivity contribution in [2.45, 2.75) is 64.6 Å². The van der Waals surface area contributed by atoms with Crippen LogP contribution in [-0.2, 0) is 4.79 Å². The number of piperidine rings is 1. The van der Waals surface area contributed by atoms with Gasteiger partial charge in [-0.25, -0.2) is 0 Å². The Morgan fingerprint density at radius 1 is 1.47 bits per heavy atom. The van der Waals surface area contributed by atoms with E-state index in [4.69, 9.17) is 5.73 Å². The van der Waals surface area contributed by atoms with Crippen LogP contribution < -0.4 is 11.1 Å². The minimum Gasteiger partial charge on any atom is -0.352 e. The van der Waals surface area contributed by atoms with Gasteiger partial charge in [-0.1, -0.05) is 13.8 Å². The summed E-state index contributed by atoms with van der Waals surface area (Å²) in [5.74, 6) is 0.154. The maximum atomic E-state index is 11.9. The Bertz CT molecular complexity index is 241. The van der Waals surface area contributed by atoms with E-state index in [1.54, 1.807) is 0 Å². The quantitative estimate of drug-likeness (QED) is 0.758. The standard InChI is InChI=1S/C13H27N3O/c1-4-12(5-2)15-13(17)9-16-7-6-11(14)8-10(16)3/h10-12H,4-9,14H2,1-3H3,(H,15,17). The first-order chi connectivity index (χ1) is 8.06. The van der Waals surface area contributed by atoms with Gasteiger partial charge in [0.1, 0.15) is 0 Å². The first-order valence-electron chi connectivity index (χ1n) is 6.85. The van der Waals surface area contributed by atoms with Crippen LogP contribution in [0.25, 0.3) is 0 Å². The Labute approximate surface area is 105 Å². The molecule has 4 nitrogen and oxygen atoms in total. The summed E-state index contributed by atoms with van der Waals surface area (Å²) >= 11 is 0.